The summed E-state index contributed by atoms with van der Waals surface area (Å²) in [5, 5.41) is 23.0. The Bertz CT molecular complexity index is 674. The number of aromatic hydroxyl groups is 1. The van der Waals surface area contributed by atoms with Crippen LogP contribution in [0.2, 0.25) is 0 Å². The van der Waals surface area contributed by atoms with Gasteiger partial charge >= 0.3 is 0 Å². The molecule has 0 aromatic heterocycles. The molecule has 7 N–H and O–H groups in total. The van der Waals surface area contributed by atoms with Gasteiger partial charge in [-0.25, -0.2) is 11.1 Å². The van der Waals surface area contributed by atoms with Crippen molar-refractivity contribution in [3.63, 3.8) is 0 Å². The number of benzene rings is 2. The third-order valence-electron chi connectivity index (χ3n) is 2.83. The molecule has 0 amide bonds. The molecular formula is C14H16N6O2. The molecule has 0 saturated heterocycles. The van der Waals surface area contributed by atoms with Gasteiger partial charge in [-0.15, -0.1) is 4.91 Å². The number of anilines is 1. The molecule has 0 saturated carbocycles. The molecule has 0 fully saturated rings. The molecule has 0 atom stereocenters. The first-order valence-electron chi connectivity index (χ1n) is 6.18. The van der Waals surface area contributed by atoms with Gasteiger partial charge in [0.15, 0.2) is 0 Å². The van der Waals surface area contributed by atoms with Crippen LogP contribution in [0.5, 0.6) is 5.75 Å². The maximum Gasteiger partial charge on any atom is 0.122 e. The zero-order chi connectivity index (χ0) is 16.5. The zero-order valence-corrected chi connectivity index (χ0v) is 11.6. The lowest BCUT2D eigenvalue weighted by atomic mass is 10.1. The number of nitrogens with zero attached hydrogens (tertiary/aromatic N) is 1. The Labute approximate surface area is 126 Å². The molecule has 0 aliphatic heterocycles. The van der Waals surface area contributed by atoms with Crippen molar-refractivity contribution in [1.29, 1.82) is 16.5 Å². The fourth-order valence-electron chi connectivity index (χ4n) is 1.76. The first-order chi connectivity index (χ1) is 10.6. The van der Waals surface area contributed by atoms with Crippen molar-refractivity contribution in [3.05, 3.63) is 58.5 Å². The van der Waals surface area contributed by atoms with E-state index in [1.165, 1.54) is 18.2 Å². The van der Waals surface area contributed by atoms with Gasteiger partial charge in [-0.2, -0.15) is 0 Å². The van der Waals surface area contributed by atoms with Gasteiger partial charge in [-0.1, -0.05) is 12.1 Å². The lowest BCUT2D eigenvalue weighted by molar-refractivity contribution is 0.469. The molecule has 22 heavy (non-hydrogen) atoms. The number of phenolic OH excluding ortho intramolecular Hbond substituents is 1. The average Bonchev–Trinajstić information content (AvgIpc) is 2.56. The van der Waals surface area contributed by atoms with Crippen LogP contribution in [0.25, 0.3) is 0 Å². The second kappa shape index (κ2) is 8.10. The van der Waals surface area contributed by atoms with Crippen molar-refractivity contribution in [1.82, 2.24) is 0 Å². The van der Waals surface area contributed by atoms with Gasteiger partial charge in [-0.05, 0) is 35.5 Å². The van der Waals surface area contributed by atoms with Crippen molar-refractivity contribution < 1.29 is 5.11 Å². The molecule has 0 unspecified atom stereocenters. The molecule has 0 aliphatic carbocycles. The monoisotopic (exact) mass is 300 g/mol. The number of phenols is 1. The van der Waals surface area contributed by atoms with Crippen molar-refractivity contribution in [2.24, 2.45) is 10.9 Å². The fraction of sp³-hybridized carbons (Fsp3) is 0.0714. The van der Waals surface area contributed by atoms with E-state index in [4.69, 9.17) is 22.2 Å². The number of nitroso groups, excluding NO2 is 1. The van der Waals surface area contributed by atoms with E-state index >= 15 is 0 Å². The van der Waals surface area contributed by atoms with E-state index in [-0.39, 0.29) is 17.3 Å². The van der Waals surface area contributed by atoms with Crippen LogP contribution in [0, 0.1) is 21.4 Å². The Morgan fingerprint density at radius 1 is 1.23 bits per heavy atom. The van der Waals surface area contributed by atoms with Crippen LogP contribution in [0.3, 0.4) is 0 Å². The lowest BCUT2D eigenvalue weighted by Crippen LogP contribution is -2.11. The van der Waals surface area contributed by atoms with Gasteiger partial charge in [0.25, 0.3) is 0 Å². The van der Waals surface area contributed by atoms with Crippen LogP contribution in [0.15, 0.2) is 47.6 Å². The number of hydrogen-bond donors (Lipinski definition) is 6. The predicted molar refractivity (Wildman–Crippen MR) is 83.8 cm³/mol. The van der Waals surface area contributed by atoms with E-state index in [1.54, 1.807) is 18.2 Å². The molecule has 8 nitrogen and oxygen atoms in total. The fourth-order valence-corrected chi connectivity index (χ4v) is 1.76. The first kappa shape index (κ1) is 16.8. The van der Waals surface area contributed by atoms with E-state index in [2.05, 4.69) is 10.5 Å². The Balaban J connectivity index is 0.00000116. The Kier molecular flexibility index (Phi) is 6.17. The summed E-state index contributed by atoms with van der Waals surface area (Å²) < 4.78 is 0. The topological polar surface area (TPSA) is 159 Å². The maximum absolute atomic E-state index is 10.5. The molecule has 0 aliphatic rings. The van der Waals surface area contributed by atoms with Crippen molar-refractivity contribution >= 4 is 17.2 Å². The molecule has 0 heterocycles. The Hall–Kier alpha value is -3.29. The van der Waals surface area contributed by atoms with E-state index in [0.29, 0.717) is 17.7 Å². The van der Waals surface area contributed by atoms with Crippen molar-refractivity contribution in [2.75, 3.05) is 5.32 Å². The molecule has 8 heteroatoms. The predicted octanol–water partition coefficient (Wildman–Crippen LogP) is 3.28. The SMILES string of the molecule is N=C(N)c1cccc(NCc2cc(N=O)ccc2O)c1.N=N. The first-order valence-corrected chi connectivity index (χ1v) is 6.18. The summed E-state index contributed by atoms with van der Waals surface area (Å²) >= 11 is 0. The van der Waals surface area contributed by atoms with Crippen molar-refractivity contribution in [3.8, 4) is 5.75 Å². The van der Waals surface area contributed by atoms with Crippen LogP contribution >= 0.6 is 0 Å². The van der Waals surface area contributed by atoms with E-state index in [1.807, 2.05) is 6.07 Å². The summed E-state index contributed by atoms with van der Waals surface area (Å²) in [6, 6.07) is 11.5. The van der Waals surface area contributed by atoms with Crippen LogP contribution in [0.1, 0.15) is 11.1 Å². The molecule has 0 spiro atoms. The summed E-state index contributed by atoms with van der Waals surface area (Å²) in [6.07, 6.45) is 0. The normalized spacial score (nSPS) is 9.27. The van der Waals surface area contributed by atoms with Gasteiger partial charge in [0.2, 0.25) is 0 Å². The van der Waals surface area contributed by atoms with Crippen LogP contribution in [-0.2, 0) is 6.54 Å². The van der Waals surface area contributed by atoms with E-state index < -0.39 is 0 Å². The lowest BCUT2D eigenvalue weighted by Gasteiger charge is -2.09. The number of amidine groups is 1. The second-order valence-corrected chi connectivity index (χ2v) is 4.25. The minimum absolute atomic E-state index is 0.0105. The highest BCUT2D eigenvalue weighted by molar-refractivity contribution is 5.95. The summed E-state index contributed by atoms with van der Waals surface area (Å²) in [4.78, 5) is 10.5. The highest BCUT2D eigenvalue weighted by Crippen LogP contribution is 2.24. The summed E-state index contributed by atoms with van der Waals surface area (Å²) in [5.41, 5.74) is 17.6. The number of rotatable bonds is 5. The smallest absolute Gasteiger partial charge is 0.122 e. The van der Waals surface area contributed by atoms with E-state index in [9.17, 15) is 10.0 Å². The quantitative estimate of drug-likeness (QED) is 0.216. The highest BCUT2D eigenvalue weighted by atomic mass is 16.3. The molecule has 0 bridgehead atoms. The van der Waals surface area contributed by atoms with Crippen LogP contribution in [0.4, 0.5) is 11.4 Å². The number of hydrogen-bond acceptors (Lipinski definition) is 7. The molecular weight excluding hydrogens is 284 g/mol. The summed E-state index contributed by atoms with van der Waals surface area (Å²) in [6.45, 7) is 0.330. The van der Waals surface area contributed by atoms with E-state index in [0.717, 1.165) is 5.69 Å². The van der Waals surface area contributed by atoms with Crippen LogP contribution in [-0.4, -0.2) is 10.9 Å². The summed E-state index contributed by atoms with van der Waals surface area (Å²) in [7, 11) is 0. The maximum atomic E-state index is 10.5. The average molecular weight is 300 g/mol. The molecule has 114 valence electrons. The van der Waals surface area contributed by atoms with Gasteiger partial charge in [0.1, 0.15) is 17.3 Å². The number of nitrogen functional groups attached to an aromatic ring is 1. The molecule has 2 aromatic carbocycles. The highest BCUT2D eigenvalue weighted by Gasteiger charge is 2.04. The number of nitrogens with two attached hydrogens (primary N) is 1. The van der Waals surface area contributed by atoms with Gasteiger partial charge in [-0.3, -0.25) is 5.41 Å². The third kappa shape index (κ3) is 4.37. The zero-order valence-electron chi connectivity index (χ0n) is 11.6. The van der Waals surface area contributed by atoms with Gasteiger partial charge < -0.3 is 16.2 Å². The van der Waals surface area contributed by atoms with Gasteiger partial charge in [0.05, 0.1) is 0 Å². The standard InChI is InChI=1S/C14H14N4O2.H2N2/c15-14(16)9-2-1-3-11(6-9)17-8-10-7-12(18-20)4-5-13(10)19;1-2/h1-7,17,19H,8H2,(H3,15,16);1-2H. The third-order valence-corrected chi connectivity index (χ3v) is 2.83. The van der Waals surface area contributed by atoms with Gasteiger partial charge in [0, 0.05) is 23.4 Å². The largest absolute Gasteiger partial charge is 0.508 e. The van der Waals surface area contributed by atoms with Crippen molar-refractivity contribution in [2.45, 2.75) is 6.54 Å². The Morgan fingerprint density at radius 3 is 2.59 bits per heavy atom. The minimum Gasteiger partial charge on any atom is -0.508 e. The van der Waals surface area contributed by atoms with Crippen LogP contribution < -0.4 is 11.1 Å². The number of nitrogens with one attached hydrogen (secondary N) is 4. The summed E-state index contributed by atoms with van der Waals surface area (Å²) in [5.74, 6) is 0.0799. The molecule has 2 rings (SSSR count). The Morgan fingerprint density at radius 2 is 1.95 bits per heavy atom. The second-order valence-electron chi connectivity index (χ2n) is 4.25. The molecule has 0 radical (unpaired) electrons. The minimum atomic E-state index is -0.0105. The molecule has 2 aromatic rings.